The van der Waals surface area contributed by atoms with Gasteiger partial charge in [0.15, 0.2) is 11.5 Å². The number of methoxy groups -OCH3 is 1. The number of nitro groups is 2. The maximum absolute atomic E-state index is 12.6. The van der Waals surface area contributed by atoms with E-state index >= 15 is 0 Å². The van der Waals surface area contributed by atoms with Gasteiger partial charge in [0.1, 0.15) is 5.57 Å². The Balaban J connectivity index is 1.65. The van der Waals surface area contributed by atoms with Crippen molar-refractivity contribution in [3.63, 3.8) is 0 Å². The molecule has 0 bridgehead atoms. The largest absolute Gasteiger partial charge is 0.493 e. The number of rotatable bonds is 6. The van der Waals surface area contributed by atoms with Gasteiger partial charge in [-0.15, -0.1) is 0 Å². The van der Waals surface area contributed by atoms with Gasteiger partial charge in [-0.3, -0.25) is 20.2 Å². The Morgan fingerprint density at radius 2 is 1.64 bits per heavy atom. The first kappa shape index (κ1) is 25.1. The maximum Gasteiger partial charge on any atom is 0.348 e. The molecule has 188 valence electrons. The van der Waals surface area contributed by atoms with Gasteiger partial charge in [-0.05, 0) is 58.6 Å². The van der Waals surface area contributed by atoms with Crippen LogP contribution in [0.1, 0.15) is 37.7 Å². The zero-order valence-corrected chi connectivity index (χ0v) is 20.4. The summed E-state index contributed by atoms with van der Waals surface area (Å²) in [6.07, 6.45) is 4.75. The van der Waals surface area contributed by atoms with Crippen molar-refractivity contribution in [1.29, 1.82) is 0 Å². The minimum Gasteiger partial charge on any atom is -0.493 e. The molecule has 0 N–H and O–H groups in total. The quantitative estimate of drug-likeness (QED) is 0.150. The molecule has 0 unspecified atom stereocenters. The molecule has 36 heavy (non-hydrogen) atoms. The highest BCUT2D eigenvalue weighted by Gasteiger charge is 2.46. The molecule has 4 rings (SSSR count). The van der Waals surface area contributed by atoms with Crippen LogP contribution in [0, 0.1) is 20.2 Å². The molecule has 0 atom stereocenters. The molecular weight excluding hydrogens is 544 g/mol. The number of nitro benzene ring substituents is 2. The molecule has 1 aliphatic carbocycles. The highest BCUT2D eigenvalue weighted by atomic mass is 79.9. The summed E-state index contributed by atoms with van der Waals surface area (Å²) < 4.78 is 22.3. The number of halogens is 1. The average Bonchev–Trinajstić information content (AvgIpc) is 2.83. The summed E-state index contributed by atoms with van der Waals surface area (Å²) >= 11 is 3.30. The Morgan fingerprint density at radius 3 is 2.22 bits per heavy atom. The Labute approximate surface area is 212 Å². The second kappa shape index (κ2) is 9.93. The van der Waals surface area contributed by atoms with Crippen molar-refractivity contribution in [2.24, 2.45) is 0 Å². The fourth-order valence-corrected chi connectivity index (χ4v) is 4.55. The zero-order valence-electron chi connectivity index (χ0n) is 18.9. The van der Waals surface area contributed by atoms with Crippen molar-refractivity contribution in [2.75, 3.05) is 7.11 Å². The van der Waals surface area contributed by atoms with Crippen LogP contribution in [-0.2, 0) is 19.1 Å². The SMILES string of the molecule is COc1cc(C=C2C(=O)OC3(CCCCC3)OC2=O)cc(Br)c1Oc1ccc([N+](=O)[O-])cc1[N+](=O)[O-]. The van der Waals surface area contributed by atoms with E-state index in [1.165, 1.54) is 25.3 Å². The van der Waals surface area contributed by atoms with Gasteiger partial charge in [0, 0.05) is 18.9 Å². The molecule has 1 heterocycles. The molecule has 1 aliphatic heterocycles. The smallest absolute Gasteiger partial charge is 0.348 e. The fraction of sp³-hybridized carbons (Fsp3) is 0.304. The molecule has 2 fully saturated rings. The molecule has 1 saturated heterocycles. The number of hydrogen-bond donors (Lipinski definition) is 0. The number of hydrogen-bond acceptors (Lipinski definition) is 10. The van der Waals surface area contributed by atoms with Gasteiger partial charge in [0.05, 0.1) is 27.5 Å². The third-order valence-corrected chi connectivity index (χ3v) is 6.33. The van der Waals surface area contributed by atoms with Gasteiger partial charge in [0.25, 0.3) is 11.5 Å². The highest BCUT2D eigenvalue weighted by molar-refractivity contribution is 9.10. The first-order valence-electron chi connectivity index (χ1n) is 10.8. The van der Waals surface area contributed by atoms with Crippen LogP contribution >= 0.6 is 15.9 Å². The van der Waals surface area contributed by atoms with Gasteiger partial charge in [-0.25, -0.2) is 9.59 Å². The van der Waals surface area contributed by atoms with E-state index in [1.54, 1.807) is 0 Å². The molecule has 1 saturated carbocycles. The number of carbonyl (C=O) groups is 2. The third kappa shape index (κ3) is 5.00. The maximum atomic E-state index is 12.6. The summed E-state index contributed by atoms with van der Waals surface area (Å²) in [5.74, 6) is -2.90. The number of nitrogens with zero attached hydrogens (tertiary/aromatic N) is 2. The molecule has 0 radical (unpaired) electrons. The lowest BCUT2D eigenvalue weighted by Gasteiger charge is -2.38. The summed E-state index contributed by atoms with van der Waals surface area (Å²) in [5, 5.41) is 22.4. The van der Waals surface area contributed by atoms with E-state index in [-0.39, 0.29) is 27.3 Å². The first-order chi connectivity index (χ1) is 17.1. The molecule has 13 heteroatoms. The minimum atomic E-state index is -1.21. The van der Waals surface area contributed by atoms with Crippen molar-refractivity contribution in [3.05, 3.63) is 66.2 Å². The van der Waals surface area contributed by atoms with Gasteiger partial charge >= 0.3 is 17.6 Å². The topological polar surface area (TPSA) is 157 Å². The second-order valence-electron chi connectivity index (χ2n) is 8.11. The lowest BCUT2D eigenvalue weighted by atomic mass is 9.93. The van der Waals surface area contributed by atoms with E-state index in [0.717, 1.165) is 37.5 Å². The van der Waals surface area contributed by atoms with Crippen molar-refractivity contribution in [1.82, 2.24) is 0 Å². The van der Waals surface area contributed by atoms with Crippen LogP contribution in [0.5, 0.6) is 17.2 Å². The number of carbonyl (C=O) groups excluding carboxylic acids is 2. The van der Waals surface area contributed by atoms with Crippen molar-refractivity contribution in [2.45, 2.75) is 37.9 Å². The van der Waals surface area contributed by atoms with Crippen LogP contribution in [-0.4, -0.2) is 34.7 Å². The van der Waals surface area contributed by atoms with Gasteiger partial charge in [-0.2, -0.15) is 0 Å². The fourth-order valence-electron chi connectivity index (χ4n) is 4.01. The molecule has 2 aliphatic rings. The Bertz CT molecular complexity index is 1280. The third-order valence-electron chi connectivity index (χ3n) is 5.74. The molecule has 0 amide bonds. The molecule has 2 aromatic carbocycles. The van der Waals surface area contributed by atoms with Crippen molar-refractivity contribution >= 4 is 45.3 Å². The number of non-ortho nitro benzene ring substituents is 1. The van der Waals surface area contributed by atoms with Crippen LogP contribution in [0.2, 0.25) is 0 Å². The molecule has 2 aromatic rings. The van der Waals surface area contributed by atoms with Crippen LogP contribution in [0.4, 0.5) is 11.4 Å². The van der Waals surface area contributed by atoms with Crippen molar-refractivity contribution in [3.8, 4) is 17.2 Å². The predicted octanol–water partition coefficient (Wildman–Crippen LogP) is 5.21. The number of ether oxygens (including phenoxy) is 4. The van der Waals surface area contributed by atoms with Gasteiger partial charge < -0.3 is 18.9 Å². The zero-order chi connectivity index (χ0) is 26.0. The Morgan fingerprint density at radius 1 is 0.972 bits per heavy atom. The average molecular weight is 563 g/mol. The predicted molar refractivity (Wildman–Crippen MR) is 126 cm³/mol. The highest BCUT2D eigenvalue weighted by Crippen LogP contribution is 2.43. The van der Waals surface area contributed by atoms with Crippen LogP contribution in [0.15, 0.2) is 40.4 Å². The van der Waals surface area contributed by atoms with E-state index in [4.69, 9.17) is 18.9 Å². The van der Waals surface area contributed by atoms with E-state index < -0.39 is 38.9 Å². The first-order valence-corrected chi connectivity index (χ1v) is 11.6. The lowest BCUT2D eigenvalue weighted by molar-refractivity contribution is -0.394. The minimum absolute atomic E-state index is 0.0339. The molecule has 1 spiro atoms. The second-order valence-corrected chi connectivity index (χ2v) is 8.97. The van der Waals surface area contributed by atoms with Crippen LogP contribution < -0.4 is 9.47 Å². The summed E-state index contributed by atoms with van der Waals surface area (Å²) in [7, 11) is 1.33. The molecule has 0 aromatic heterocycles. The summed E-state index contributed by atoms with van der Waals surface area (Å²) in [6, 6.07) is 5.89. The van der Waals surface area contributed by atoms with Crippen LogP contribution in [0.3, 0.4) is 0 Å². The van der Waals surface area contributed by atoms with Crippen molar-refractivity contribution < 1.29 is 38.4 Å². The van der Waals surface area contributed by atoms with Gasteiger partial charge in [0.2, 0.25) is 5.75 Å². The summed E-state index contributed by atoms with van der Waals surface area (Å²) in [5.41, 5.74) is -1.02. The Hall–Kier alpha value is -4.00. The molecular formula is C23H19BrN2O10. The summed E-state index contributed by atoms with van der Waals surface area (Å²) in [4.78, 5) is 46.1. The Kier molecular flexibility index (Phi) is 6.93. The molecule has 12 nitrogen and oxygen atoms in total. The van der Waals surface area contributed by atoms with E-state index in [9.17, 15) is 29.8 Å². The monoisotopic (exact) mass is 562 g/mol. The van der Waals surface area contributed by atoms with Gasteiger partial charge in [-0.1, -0.05) is 6.42 Å². The lowest BCUT2D eigenvalue weighted by Crippen LogP contribution is -2.47. The number of benzene rings is 2. The normalized spacial score (nSPS) is 16.7. The summed E-state index contributed by atoms with van der Waals surface area (Å²) in [6.45, 7) is 0. The standard InChI is InChI=1S/C23H19BrN2O10/c1-33-19-11-13(9-15-21(27)35-23(36-22(15)28)7-3-2-4-8-23)10-16(24)20(19)34-18-6-5-14(25(29)30)12-17(18)26(31)32/h5-6,9-12H,2-4,7-8H2,1H3. The van der Waals surface area contributed by atoms with E-state index in [1.807, 2.05) is 0 Å². The number of esters is 2. The van der Waals surface area contributed by atoms with E-state index in [0.29, 0.717) is 18.4 Å². The van der Waals surface area contributed by atoms with Crippen LogP contribution in [0.25, 0.3) is 6.08 Å². The van der Waals surface area contributed by atoms with E-state index in [2.05, 4.69) is 15.9 Å².